The lowest BCUT2D eigenvalue weighted by atomic mass is 10.1. The number of hydrogen-bond donors (Lipinski definition) is 3. The highest BCUT2D eigenvalue weighted by Gasteiger charge is 2.10. The molecule has 6 heteroatoms. The van der Waals surface area contributed by atoms with E-state index in [0.29, 0.717) is 6.54 Å². The van der Waals surface area contributed by atoms with Crippen molar-refractivity contribution in [3.05, 3.63) is 58.1 Å². The highest BCUT2D eigenvalue weighted by Crippen LogP contribution is 2.24. The van der Waals surface area contributed by atoms with E-state index in [4.69, 9.17) is 5.73 Å². The fraction of sp³-hybridized carbons (Fsp3) is 0.143. The van der Waals surface area contributed by atoms with Crippen LogP contribution in [0, 0.1) is 10.1 Å². The number of nitrogen functional groups attached to an aromatic ring is 1. The van der Waals surface area contributed by atoms with Crippen molar-refractivity contribution < 1.29 is 10.0 Å². The Bertz CT molecular complexity index is 612. The van der Waals surface area contributed by atoms with Gasteiger partial charge in [0.05, 0.1) is 4.92 Å². The van der Waals surface area contributed by atoms with Crippen LogP contribution in [-0.2, 0) is 6.42 Å². The van der Waals surface area contributed by atoms with E-state index < -0.39 is 4.92 Å². The zero-order valence-corrected chi connectivity index (χ0v) is 10.7. The number of rotatable bonds is 5. The van der Waals surface area contributed by atoms with E-state index in [1.165, 1.54) is 6.07 Å². The van der Waals surface area contributed by atoms with E-state index in [2.05, 4.69) is 5.32 Å². The molecule has 0 amide bonds. The third kappa shape index (κ3) is 3.38. The average molecular weight is 273 g/mol. The maximum atomic E-state index is 10.6. The summed E-state index contributed by atoms with van der Waals surface area (Å²) in [7, 11) is 0. The van der Waals surface area contributed by atoms with Crippen molar-refractivity contribution in [1.82, 2.24) is 0 Å². The molecule has 0 aliphatic rings. The molecule has 0 spiro atoms. The maximum absolute atomic E-state index is 10.6. The van der Waals surface area contributed by atoms with Gasteiger partial charge in [0, 0.05) is 18.3 Å². The molecule has 0 bridgehead atoms. The van der Waals surface area contributed by atoms with Gasteiger partial charge in [0.2, 0.25) is 0 Å². The summed E-state index contributed by atoms with van der Waals surface area (Å²) in [6.07, 6.45) is 0.775. The molecule has 0 unspecified atom stereocenters. The summed E-state index contributed by atoms with van der Waals surface area (Å²) >= 11 is 0. The summed E-state index contributed by atoms with van der Waals surface area (Å²) in [4.78, 5) is 10.1. The monoisotopic (exact) mass is 273 g/mol. The second-order valence-electron chi connectivity index (χ2n) is 4.37. The number of phenolic OH excluding ortho intramolecular Hbond substituents is 1. The van der Waals surface area contributed by atoms with E-state index >= 15 is 0 Å². The lowest BCUT2D eigenvalue weighted by Crippen LogP contribution is -2.05. The lowest BCUT2D eigenvalue weighted by molar-refractivity contribution is -0.383. The third-order valence-electron chi connectivity index (χ3n) is 2.90. The molecule has 0 aromatic heterocycles. The zero-order valence-electron chi connectivity index (χ0n) is 10.7. The summed E-state index contributed by atoms with van der Waals surface area (Å²) in [6, 6.07) is 11.5. The highest BCUT2D eigenvalue weighted by atomic mass is 16.6. The minimum atomic E-state index is -0.504. The van der Waals surface area contributed by atoms with Crippen LogP contribution < -0.4 is 11.1 Å². The number of phenols is 1. The first kappa shape index (κ1) is 13.7. The summed E-state index contributed by atoms with van der Waals surface area (Å²) in [6.45, 7) is 0.669. The number of aromatic hydroxyl groups is 1. The summed E-state index contributed by atoms with van der Waals surface area (Å²) in [5.74, 6) is 0.241. The number of nitrogens with two attached hydrogens (primary N) is 1. The molecular formula is C14H15N3O3. The van der Waals surface area contributed by atoms with Crippen molar-refractivity contribution in [3.63, 3.8) is 0 Å². The largest absolute Gasteiger partial charge is 0.508 e. The van der Waals surface area contributed by atoms with Gasteiger partial charge in [-0.15, -0.1) is 0 Å². The minimum absolute atomic E-state index is 0.0888. The van der Waals surface area contributed by atoms with Gasteiger partial charge in [-0.25, -0.2) is 0 Å². The van der Waals surface area contributed by atoms with Crippen LogP contribution in [0.15, 0.2) is 42.5 Å². The molecule has 0 radical (unpaired) electrons. The van der Waals surface area contributed by atoms with E-state index in [9.17, 15) is 15.2 Å². The number of nitro groups is 1. The van der Waals surface area contributed by atoms with Gasteiger partial charge in [0.1, 0.15) is 11.4 Å². The Kier molecular flexibility index (Phi) is 4.05. The second-order valence-corrected chi connectivity index (χ2v) is 4.37. The molecule has 0 aliphatic heterocycles. The van der Waals surface area contributed by atoms with Crippen LogP contribution in [0.2, 0.25) is 0 Å². The number of hydrogen-bond acceptors (Lipinski definition) is 5. The third-order valence-corrected chi connectivity index (χ3v) is 2.90. The first-order chi connectivity index (χ1) is 9.56. The van der Waals surface area contributed by atoms with E-state index in [1.54, 1.807) is 24.3 Å². The van der Waals surface area contributed by atoms with Crippen molar-refractivity contribution >= 4 is 17.1 Å². The molecule has 0 aliphatic carbocycles. The maximum Gasteiger partial charge on any atom is 0.292 e. The van der Waals surface area contributed by atoms with Gasteiger partial charge in [-0.05, 0) is 36.2 Å². The van der Waals surface area contributed by atoms with E-state index in [1.807, 2.05) is 12.1 Å². The van der Waals surface area contributed by atoms with Crippen LogP contribution >= 0.6 is 0 Å². The second kappa shape index (κ2) is 5.92. The fourth-order valence-electron chi connectivity index (χ4n) is 1.84. The van der Waals surface area contributed by atoms with Gasteiger partial charge in [-0.3, -0.25) is 10.1 Å². The smallest absolute Gasteiger partial charge is 0.292 e. The van der Waals surface area contributed by atoms with Crippen molar-refractivity contribution in [2.24, 2.45) is 0 Å². The molecule has 2 aromatic carbocycles. The number of nitro benzene ring substituents is 1. The number of nitrogens with zero attached hydrogens (tertiary/aromatic N) is 1. The van der Waals surface area contributed by atoms with Gasteiger partial charge in [0.25, 0.3) is 5.69 Å². The van der Waals surface area contributed by atoms with Crippen molar-refractivity contribution in [2.75, 3.05) is 17.6 Å². The van der Waals surface area contributed by atoms with Crippen molar-refractivity contribution in [2.45, 2.75) is 6.42 Å². The predicted molar refractivity (Wildman–Crippen MR) is 77.8 cm³/mol. The van der Waals surface area contributed by atoms with Gasteiger partial charge in [0.15, 0.2) is 0 Å². The van der Waals surface area contributed by atoms with Crippen molar-refractivity contribution in [1.29, 1.82) is 0 Å². The van der Waals surface area contributed by atoms with Crippen molar-refractivity contribution in [3.8, 4) is 5.75 Å². The van der Waals surface area contributed by atoms with Gasteiger partial charge in [-0.2, -0.15) is 0 Å². The normalized spacial score (nSPS) is 10.2. The first-order valence-electron chi connectivity index (χ1n) is 6.12. The molecule has 0 atom stereocenters. The van der Waals surface area contributed by atoms with Crippen LogP contribution in [-0.4, -0.2) is 16.6 Å². The Hall–Kier alpha value is -2.76. The molecule has 6 nitrogen and oxygen atoms in total. The molecule has 20 heavy (non-hydrogen) atoms. The quantitative estimate of drug-likeness (QED) is 0.441. The molecule has 104 valence electrons. The molecular weight excluding hydrogens is 258 g/mol. The number of nitrogens with one attached hydrogen (secondary N) is 1. The molecule has 0 heterocycles. The van der Waals surface area contributed by atoms with E-state index in [-0.39, 0.29) is 17.1 Å². The standard InChI is InChI=1S/C14H15N3O3/c15-13-9-11(3-6-14(13)17(19)20)16-8-7-10-1-4-12(18)5-2-10/h1-6,9,16,18H,7-8,15H2. The first-order valence-corrected chi connectivity index (χ1v) is 6.12. The molecule has 0 saturated heterocycles. The Morgan fingerprint density at radius 1 is 1.20 bits per heavy atom. The van der Waals surface area contributed by atoms with Crippen LogP contribution in [0.5, 0.6) is 5.75 Å². The van der Waals surface area contributed by atoms with Crippen LogP contribution in [0.25, 0.3) is 0 Å². The number of anilines is 2. The molecule has 2 aromatic rings. The predicted octanol–water partition coefficient (Wildman–Crippen LogP) is 2.54. The molecule has 0 fully saturated rings. The lowest BCUT2D eigenvalue weighted by Gasteiger charge is -2.07. The number of benzene rings is 2. The molecule has 4 N–H and O–H groups in total. The Morgan fingerprint density at radius 3 is 2.50 bits per heavy atom. The minimum Gasteiger partial charge on any atom is -0.508 e. The molecule has 2 rings (SSSR count). The SMILES string of the molecule is Nc1cc(NCCc2ccc(O)cc2)ccc1[N+](=O)[O-]. The van der Waals surface area contributed by atoms with Gasteiger partial charge in [-0.1, -0.05) is 12.1 Å². The highest BCUT2D eigenvalue weighted by molar-refractivity contribution is 5.65. The summed E-state index contributed by atoms with van der Waals surface area (Å²) in [5, 5.41) is 23.0. The Morgan fingerprint density at radius 2 is 1.90 bits per heavy atom. The Labute approximate surface area is 116 Å². The summed E-state index contributed by atoms with van der Waals surface area (Å²) < 4.78 is 0. The summed E-state index contributed by atoms with van der Waals surface area (Å²) in [5.41, 5.74) is 7.50. The van der Waals surface area contributed by atoms with Gasteiger partial charge < -0.3 is 16.2 Å². The molecule has 0 saturated carbocycles. The topological polar surface area (TPSA) is 101 Å². The zero-order chi connectivity index (χ0) is 14.5. The average Bonchev–Trinajstić information content (AvgIpc) is 2.41. The van der Waals surface area contributed by atoms with Crippen LogP contribution in [0.4, 0.5) is 17.1 Å². The Balaban J connectivity index is 1.92. The van der Waals surface area contributed by atoms with Crippen LogP contribution in [0.1, 0.15) is 5.56 Å². The van der Waals surface area contributed by atoms with Crippen LogP contribution in [0.3, 0.4) is 0 Å². The van der Waals surface area contributed by atoms with E-state index in [0.717, 1.165) is 17.7 Å². The van der Waals surface area contributed by atoms with Gasteiger partial charge >= 0.3 is 0 Å². The fourth-order valence-corrected chi connectivity index (χ4v) is 1.84.